The number of amides is 1. The number of fused-ring (bicyclic) bond motifs is 3. The van der Waals surface area contributed by atoms with E-state index in [1.54, 1.807) is 23.5 Å². The first-order valence-electron chi connectivity index (χ1n) is 9.68. The maximum Gasteiger partial charge on any atom is 0.526 e. The van der Waals surface area contributed by atoms with E-state index >= 15 is 0 Å². The summed E-state index contributed by atoms with van der Waals surface area (Å²) < 4.78 is 11.4. The van der Waals surface area contributed by atoms with Crippen LogP contribution in [0, 0.1) is 0 Å². The van der Waals surface area contributed by atoms with Crippen molar-refractivity contribution in [3.63, 3.8) is 0 Å². The number of carboxylic acids is 1. The lowest BCUT2D eigenvalue weighted by Gasteiger charge is -2.39. The number of benzene rings is 1. The van der Waals surface area contributed by atoms with E-state index in [1.165, 1.54) is 0 Å². The smallest absolute Gasteiger partial charge is 0.526 e. The van der Waals surface area contributed by atoms with Gasteiger partial charge in [-0.2, -0.15) is 0 Å². The molecule has 29 heavy (non-hydrogen) atoms. The Morgan fingerprint density at radius 1 is 1.38 bits per heavy atom. The Labute approximate surface area is 166 Å². The van der Waals surface area contributed by atoms with Crippen LogP contribution in [0.15, 0.2) is 24.7 Å². The van der Waals surface area contributed by atoms with Gasteiger partial charge in [0.05, 0.1) is 25.1 Å². The molecule has 0 bridgehead atoms. The van der Waals surface area contributed by atoms with Gasteiger partial charge in [0.2, 0.25) is 5.91 Å². The average molecular weight is 397 g/mol. The van der Waals surface area contributed by atoms with Crippen LogP contribution in [-0.2, 0) is 11.2 Å². The van der Waals surface area contributed by atoms with Crippen molar-refractivity contribution in [1.29, 1.82) is 0 Å². The topological polar surface area (TPSA) is 125 Å². The highest BCUT2D eigenvalue weighted by Gasteiger charge is 2.54. The third-order valence-corrected chi connectivity index (χ3v) is 5.85. The van der Waals surface area contributed by atoms with E-state index in [0.717, 1.165) is 17.7 Å². The molecule has 1 aromatic heterocycles. The van der Waals surface area contributed by atoms with Crippen molar-refractivity contribution in [2.75, 3.05) is 13.1 Å². The number of ether oxygens (including phenoxy) is 1. The predicted molar refractivity (Wildman–Crippen MR) is 101 cm³/mol. The number of carbonyl (C=O) groups excluding carboxylic acids is 1. The normalized spacial score (nSPS) is 22.2. The summed E-state index contributed by atoms with van der Waals surface area (Å²) >= 11 is 0. The second-order valence-electron chi connectivity index (χ2n) is 7.78. The van der Waals surface area contributed by atoms with Gasteiger partial charge in [0.15, 0.2) is 0 Å². The van der Waals surface area contributed by atoms with E-state index in [1.807, 2.05) is 6.07 Å². The fraction of sp³-hybridized carbons (Fsp3) is 0.421. The first kappa shape index (κ1) is 18.1. The number of H-pyrrole nitrogens is 1. The molecule has 1 saturated heterocycles. The Kier molecular flexibility index (Phi) is 4.23. The van der Waals surface area contributed by atoms with Gasteiger partial charge in [-0.1, -0.05) is 6.07 Å². The van der Waals surface area contributed by atoms with E-state index in [0.29, 0.717) is 25.9 Å². The summed E-state index contributed by atoms with van der Waals surface area (Å²) in [6, 6.07) is 3.47. The van der Waals surface area contributed by atoms with Crippen molar-refractivity contribution in [2.45, 2.75) is 37.1 Å². The van der Waals surface area contributed by atoms with Crippen LogP contribution in [0.1, 0.15) is 40.4 Å². The zero-order chi connectivity index (χ0) is 20.1. The molecule has 0 unspecified atom stereocenters. The van der Waals surface area contributed by atoms with Crippen LogP contribution in [0.3, 0.4) is 0 Å². The molecule has 10 heteroatoms. The van der Waals surface area contributed by atoms with Crippen molar-refractivity contribution in [3.8, 4) is 11.5 Å². The molecule has 1 aromatic carbocycles. The minimum absolute atomic E-state index is 0.0166. The number of likely N-dealkylation sites (tertiary alicyclic amines) is 1. The predicted octanol–water partition coefficient (Wildman–Crippen LogP) is 1.06. The molecule has 9 nitrogen and oxygen atoms in total. The maximum absolute atomic E-state index is 12.3. The molecule has 2 atom stereocenters. The molecule has 1 aliphatic carbocycles. The lowest BCUT2D eigenvalue weighted by atomic mass is 9.77. The summed E-state index contributed by atoms with van der Waals surface area (Å²) in [6.07, 6.45) is 4.80. The minimum Gasteiger partial charge on any atom is -0.535 e. The van der Waals surface area contributed by atoms with Crippen LogP contribution in [0.2, 0.25) is 5.82 Å². The molecular weight excluding hydrogens is 377 g/mol. The fourth-order valence-electron chi connectivity index (χ4n) is 4.11. The zero-order valence-electron chi connectivity index (χ0n) is 15.6. The third-order valence-electron chi connectivity index (χ3n) is 5.85. The first-order valence-corrected chi connectivity index (χ1v) is 9.68. The molecule has 5 rings (SSSR count). The number of carboxylic acid groups (broad SMARTS) is 1. The van der Waals surface area contributed by atoms with Gasteiger partial charge in [0.1, 0.15) is 23.2 Å². The van der Waals surface area contributed by atoms with E-state index in [9.17, 15) is 19.7 Å². The number of nitrogens with one attached hydrogen (secondary N) is 1. The number of aromatic carboxylic acids is 1. The van der Waals surface area contributed by atoms with Gasteiger partial charge >= 0.3 is 13.1 Å². The molecule has 0 spiro atoms. The van der Waals surface area contributed by atoms with Crippen LogP contribution < -0.4 is 9.39 Å². The van der Waals surface area contributed by atoms with Crippen LogP contribution in [0.25, 0.3) is 0 Å². The van der Waals surface area contributed by atoms with Crippen LogP contribution >= 0.6 is 0 Å². The number of carbonyl (C=O) groups is 2. The van der Waals surface area contributed by atoms with Gasteiger partial charge in [-0.25, -0.2) is 9.78 Å². The van der Waals surface area contributed by atoms with Crippen molar-refractivity contribution in [2.24, 2.45) is 0 Å². The molecule has 3 N–H and O–H groups in total. The lowest BCUT2D eigenvalue weighted by molar-refractivity contribution is -0.140. The van der Waals surface area contributed by atoms with Crippen molar-refractivity contribution in [1.82, 2.24) is 14.9 Å². The number of nitrogens with zero attached hydrogens (tertiary/aromatic N) is 2. The van der Waals surface area contributed by atoms with E-state index in [4.69, 9.17) is 9.39 Å². The third kappa shape index (κ3) is 3.23. The van der Waals surface area contributed by atoms with Gasteiger partial charge in [0, 0.05) is 18.4 Å². The highest BCUT2D eigenvalue weighted by atomic mass is 16.5. The number of rotatable bonds is 6. The van der Waals surface area contributed by atoms with Crippen molar-refractivity contribution in [3.05, 3.63) is 41.5 Å². The number of imidazole rings is 1. The van der Waals surface area contributed by atoms with Crippen molar-refractivity contribution < 1.29 is 29.1 Å². The number of hydrogen-bond donors (Lipinski definition) is 3. The van der Waals surface area contributed by atoms with Crippen LogP contribution in [0.4, 0.5) is 0 Å². The summed E-state index contributed by atoms with van der Waals surface area (Å²) in [5.74, 6) is -0.545. The summed E-state index contributed by atoms with van der Waals surface area (Å²) in [4.78, 5) is 32.8. The van der Waals surface area contributed by atoms with Crippen LogP contribution in [-0.4, -0.2) is 63.2 Å². The lowest BCUT2D eigenvalue weighted by Crippen LogP contribution is -2.56. The number of aromatic nitrogens is 2. The molecule has 150 valence electrons. The van der Waals surface area contributed by atoms with Gasteiger partial charge in [-0.05, 0) is 30.4 Å². The monoisotopic (exact) mass is 397 g/mol. The molecule has 3 heterocycles. The SMILES string of the molecule is O=C(O)c1c(OC2CN(C(=O)CCc3c[nH]cn3)C2)ccc2c1OB(O)[C@H]1C[C@@H]21. The highest BCUT2D eigenvalue weighted by Crippen LogP contribution is 2.60. The van der Waals surface area contributed by atoms with Gasteiger partial charge in [0.25, 0.3) is 0 Å². The Hall–Kier alpha value is -3.01. The zero-order valence-corrected chi connectivity index (χ0v) is 15.6. The molecule has 2 aromatic rings. The van der Waals surface area contributed by atoms with Crippen LogP contribution in [0.5, 0.6) is 11.5 Å². The van der Waals surface area contributed by atoms with Crippen molar-refractivity contribution >= 4 is 19.0 Å². The summed E-state index contributed by atoms with van der Waals surface area (Å²) in [5.41, 5.74) is 1.59. The maximum atomic E-state index is 12.3. The quantitative estimate of drug-likeness (QED) is 0.623. The van der Waals surface area contributed by atoms with Gasteiger partial charge in [-0.3, -0.25) is 4.79 Å². The van der Waals surface area contributed by atoms with Gasteiger partial charge < -0.3 is 29.4 Å². The summed E-state index contributed by atoms with van der Waals surface area (Å²) in [6.45, 7) is 0.813. The van der Waals surface area contributed by atoms with E-state index < -0.39 is 13.1 Å². The molecule has 1 saturated carbocycles. The Morgan fingerprint density at radius 3 is 2.93 bits per heavy atom. The molecule has 2 aliphatic heterocycles. The highest BCUT2D eigenvalue weighted by molar-refractivity contribution is 6.48. The number of aryl methyl sites for hydroxylation is 1. The Bertz CT molecular complexity index is 959. The Balaban J connectivity index is 1.23. The van der Waals surface area contributed by atoms with E-state index in [-0.39, 0.29) is 40.8 Å². The Morgan fingerprint density at radius 2 is 2.21 bits per heavy atom. The van der Waals surface area contributed by atoms with Gasteiger partial charge in [-0.15, -0.1) is 0 Å². The molecule has 0 radical (unpaired) electrons. The molecule has 1 amide bonds. The number of aromatic amines is 1. The molecule has 2 fully saturated rings. The van der Waals surface area contributed by atoms with E-state index in [2.05, 4.69) is 9.97 Å². The molecule has 3 aliphatic rings. The molecular formula is C19H20BN3O6. The summed E-state index contributed by atoms with van der Waals surface area (Å²) in [7, 11) is -0.979. The first-order chi connectivity index (χ1) is 14.0. The minimum atomic E-state index is -1.16. The number of hydrogen-bond acceptors (Lipinski definition) is 6. The fourth-order valence-corrected chi connectivity index (χ4v) is 4.11. The second kappa shape index (κ2) is 6.80. The largest absolute Gasteiger partial charge is 0.535 e. The second-order valence-corrected chi connectivity index (χ2v) is 7.78. The standard InChI is InChI=1S/C19H20BN3O6/c24-16(4-1-10-6-21-9-22-10)23-7-11(8-23)28-15-3-2-12-13-5-14(13)20(27)29-18(12)17(15)19(25)26/h2-3,6,9,11,13-14,27H,1,4-5,7-8H2,(H,21,22)(H,25,26)/t13-,14-/m0/s1. The average Bonchev–Trinajstić information content (AvgIpc) is 3.30. The summed E-state index contributed by atoms with van der Waals surface area (Å²) in [5, 5.41) is 19.7.